The van der Waals surface area contributed by atoms with Gasteiger partial charge in [0.2, 0.25) is 0 Å². The number of amides is 1. The lowest BCUT2D eigenvalue weighted by molar-refractivity contribution is 0.0954. The van der Waals surface area contributed by atoms with Gasteiger partial charge in [0, 0.05) is 19.8 Å². The molecule has 30 heavy (non-hydrogen) atoms. The van der Waals surface area contributed by atoms with Crippen LogP contribution in [0.1, 0.15) is 22.3 Å². The van der Waals surface area contributed by atoms with E-state index in [1.807, 2.05) is 24.3 Å². The second-order valence-corrected chi connectivity index (χ2v) is 7.13. The van der Waals surface area contributed by atoms with E-state index in [0.29, 0.717) is 12.2 Å². The Balaban J connectivity index is 1.59. The summed E-state index contributed by atoms with van der Waals surface area (Å²) >= 11 is 0. The average Bonchev–Trinajstić information content (AvgIpc) is 3.09. The lowest BCUT2D eigenvalue weighted by Crippen LogP contribution is -2.34. The molecule has 7 nitrogen and oxygen atoms in total. The van der Waals surface area contributed by atoms with E-state index in [-0.39, 0.29) is 22.5 Å². The van der Waals surface area contributed by atoms with Crippen molar-refractivity contribution in [1.29, 1.82) is 0 Å². The first-order valence-corrected chi connectivity index (χ1v) is 9.78. The number of aromatic amines is 1. The summed E-state index contributed by atoms with van der Waals surface area (Å²) in [4.78, 5) is 41.1. The van der Waals surface area contributed by atoms with Gasteiger partial charge < -0.3 is 14.9 Å². The molecule has 2 aromatic carbocycles. The maximum atomic E-state index is 13.0. The third-order valence-electron chi connectivity index (χ3n) is 5.05. The van der Waals surface area contributed by atoms with Gasteiger partial charge >= 0.3 is 5.69 Å². The highest BCUT2D eigenvalue weighted by Crippen LogP contribution is 2.15. The number of H-pyrrole nitrogens is 1. The summed E-state index contributed by atoms with van der Waals surface area (Å²) in [6.45, 7) is 0.495. The van der Waals surface area contributed by atoms with Crippen molar-refractivity contribution < 1.29 is 4.79 Å². The van der Waals surface area contributed by atoms with Crippen LogP contribution in [0.2, 0.25) is 0 Å². The quantitative estimate of drug-likeness (QED) is 0.485. The SMILES string of the molecule is Cn1cc(C(=O)NCCCc2ccccc2)c2[nH]c(=O)n(-c3ccccc3)c(=O)c21. The molecule has 1 amide bonds. The van der Waals surface area contributed by atoms with Gasteiger partial charge in [0.05, 0.1) is 16.8 Å². The van der Waals surface area contributed by atoms with E-state index in [0.717, 1.165) is 17.4 Å². The lowest BCUT2D eigenvalue weighted by atomic mass is 10.1. The van der Waals surface area contributed by atoms with Gasteiger partial charge in [-0.3, -0.25) is 9.59 Å². The molecule has 4 aromatic rings. The highest BCUT2D eigenvalue weighted by Gasteiger charge is 2.19. The number of aryl methyl sites for hydroxylation is 2. The lowest BCUT2D eigenvalue weighted by Gasteiger charge is -2.06. The molecule has 4 rings (SSSR count). The van der Waals surface area contributed by atoms with Crippen molar-refractivity contribution in [2.75, 3.05) is 6.54 Å². The number of hydrogen-bond acceptors (Lipinski definition) is 3. The maximum absolute atomic E-state index is 13.0. The van der Waals surface area contributed by atoms with Crippen molar-refractivity contribution >= 4 is 16.9 Å². The fourth-order valence-corrected chi connectivity index (χ4v) is 3.59. The highest BCUT2D eigenvalue weighted by molar-refractivity contribution is 6.05. The molecule has 0 aliphatic carbocycles. The number of hydrogen-bond donors (Lipinski definition) is 2. The second kappa shape index (κ2) is 8.24. The Bertz CT molecular complexity index is 1300. The zero-order chi connectivity index (χ0) is 21.1. The van der Waals surface area contributed by atoms with Crippen LogP contribution in [0.3, 0.4) is 0 Å². The monoisotopic (exact) mass is 402 g/mol. The number of nitrogens with one attached hydrogen (secondary N) is 2. The second-order valence-electron chi connectivity index (χ2n) is 7.13. The molecule has 0 bridgehead atoms. The largest absolute Gasteiger partial charge is 0.352 e. The van der Waals surface area contributed by atoms with E-state index in [2.05, 4.69) is 22.4 Å². The number of rotatable bonds is 6. The predicted octanol–water partition coefficient (Wildman–Crippen LogP) is 2.38. The van der Waals surface area contributed by atoms with Gasteiger partial charge in [-0.1, -0.05) is 48.5 Å². The van der Waals surface area contributed by atoms with E-state index >= 15 is 0 Å². The van der Waals surface area contributed by atoms with Gasteiger partial charge in [0.25, 0.3) is 11.5 Å². The van der Waals surface area contributed by atoms with Crippen LogP contribution < -0.4 is 16.6 Å². The van der Waals surface area contributed by atoms with Gasteiger partial charge in [-0.05, 0) is 30.5 Å². The Morgan fingerprint density at radius 2 is 1.67 bits per heavy atom. The summed E-state index contributed by atoms with van der Waals surface area (Å²) in [5.41, 5.74) is 1.44. The highest BCUT2D eigenvalue weighted by atomic mass is 16.2. The molecule has 7 heteroatoms. The van der Waals surface area contributed by atoms with Gasteiger partial charge in [-0.15, -0.1) is 0 Å². The Morgan fingerprint density at radius 1 is 1.00 bits per heavy atom. The molecular weight excluding hydrogens is 380 g/mol. The molecule has 0 aliphatic rings. The van der Waals surface area contributed by atoms with Gasteiger partial charge in [-0.2, -0.15) is 0 Å². The molecule has 0 fully saturated rings. The van der Waals surface area contributed by atoms with Crippen molar-refractivity contribution in [3.05, 3.63) is 98.8 Å². The molecule has 0 atom stereocenters. The van der Waals surface area contributed by atoms with Crippen molar-refractivity contribution in [3.63, 3.8) is 0 Å². The molecule has 0 radical (unpaired) electrons. The van der Waals surface area contributed by atoms with E-state index in [1.165, 1.54) is 5.56 Å². The summed E-state index contributed by atoms with van der Waals surface area (Å²) in [5, 5.41) is 2.88. The van der Waals surface area contributed by atoms with Crippen LogP contribution in [0, 0.1) is 0 Å². The number of para-hydroxylation sites is 1. The Hall–Kier alpha value is -3.87. The van der Waals surface area contributed by atoms with E-state index in [1.54, 1.807) is 42.1 Å². The number of nitrogens with zero attached hydrogens (tertiary/aromatic N) is 2. The minimum absolute atomic E-state index is 0.250. The third-order valence-corrected chi connectivity index (χ3v) is 5.05. The van der Waals surface area contributed by atoms with Crippen LogP contribution in [-0.2, 0) is 13.5 Å². The summed E-state index contributed by atoms with van der Waals surface area (Å²) in [6, 6.07) is 18.7. The first-order valence-electron chi connectivity index (χ1n) is 9.78. The number of aromatic nitrogens is 3. The van der Waals surface area contributed by atoms with Crippen molar-refractivity contribution in [2.45, 2.75) is 12.8 Å². The molecule has 2 N–H and O–H groups in total. The fourth-order valence-electron chi connectivity index (χ4n) is 3.59. The molecule has 0 unspecified atom stereocenters. The minimum Gasteiger partial charge on any atom is -0.352 e. The van der Waals surface area contributed by atoms with Crippen LogP contribution in [-0.4, -0.2) is 26.6 Å². The summed E-state index contributed by atoms with van der Waals surface area (Å²) in [5.74, 6) is -0.318. The van der Waals surface area contributed by atoms with Crippen molar-refractivity contribution in [2.24, 2.45) is 7.05 Å². The average molecular weight is 402 g/mol. The van der Waals surface area contributed by atoms with E-state index in [4.69, 9.17) is 0 Å². The molecule has 0 saturated heterocycles. The van der Waals surface area contributed by atoms with Crippen molar-refractivity contribution in [1.82, 2.24) is 19.4 Å². The summed E-state index contributed by atoms with van der Waals surface area (Å²) < 4.78 is 2.65. The topological polar surface area (TPSA) is 88.9 Å². The van der Waals surface area contributed by atoms with Gasteiger partial charge in [0.1, 0.15) is 5.52 Å². The fraction of sp³-hybridized carbons (Fsp3) is 0.174. The first kappa shape index (κ1) is 19.4. The predicted molar refractivity (Wildman–Crippen MR) is 116 cm³/mol. The van der Waals surface area contributed by atoms with Crippen LogP contribution in [0.25, 0.3) is 16.7 Å². The van der Waals surface area contributed by atoms with E-state index in [9.17, 15) is 14.4 Å². The molecule has 0 saturated carbocycles. The standard InChI is InChI=1S/C23H22N4O3/c1-26-15-18(21(28)24-14-8-11-16-9-4-2-5-10-16)19-20(26)22(29)27(23(30)25-19)17-12-6-3-7-13-17/h2-7,9-10,12-13,15H,8,11,14H2,1H3,(H,24,28)(H,25,30). The molecule has 0 aliphatic heterocycles. The Kier molecular flexibility index (Phi) is 5.34. The van der Waals surface area contributed by atoms with Crippen LogP contribution in [0.4, 0.5) is 0 Å². The van der Waals surface area contributed by atoms with E-state index < -0.39 is 11.2 Å². The van der Waals surface area contributed by atoms with Gasteiger partial charge in [-0.25, -0.2) is 9.36 Å². The van der Waals surface area contributed by atoms with Crippen LogP contribution in [0.5, 0.6) is 0 Å². The maximum Gasteiger partial charge on any atom is 0.333 e. The smallest absolute Gasteiger partial charge is 0.333 e. The summed E-state index contributed by atoms with van der Waals surface area (Å²) in [7, 11) is 1.68. The zero-order valence-corrected chi connectivity index (χ0v) is 16.6. The Labute approximate surface area is 172 Å². The van der Waals surface area contributed by atoms with Crippen LogP contribution >= 0.6 is 0 Å². The molecule has 152 valence electrons. The number of carbonyl (C=O) groups excluding carboxylic acids is 1. The van der Waals surface area contributed by atoms with Crippen LogP contribution in [0.15, 0.2) is 76.4 Å². The number of benzene rings is 2. The van der Waals surface area contributed by atoms with Crippen molar-refractivity contribution in [3.8, 4) is 5.69 Å². The minimum atomic E-state index is -0.581. The number of carbonyl (C=O) groups is 1. The first-order chi connectivity index (χ1) is 14.6. The third kappa shape index (κ3) is 3.69. The number of fused-ring (bicyclic) bond motifs is 1. The normalized spacial score (nSPS) is 11.0. The Morgan fingerprint density at radius 3 is 2.37 bits per heavy atom. The molecule has 2 heterocycles. The summed E-state index contributed by atoms with van der Waals surface area (Å²) in [6.07, 6.45) is 3.22. The van der Waals surface area contributed by atoms with Gasteiger partial charge in [0.15, 0.2) is 0 Å². The molecule has 2 aromatic heterocycles. The molecule has 0 spiro atoms. The zero-order valence-electron chi connectivity index (χ0n) is 16.6. The molecular formula is C23H22N4O3.